The van der Waals surface area contributed by atoms with Crippen LogP contribution < -0.4 is 5.32 Å². The molecule has 0 saturated carbocycles. The molecule has 0 aromatic heterocycles. The molecular weight excluding hydrogens is 355 g/mol. The van der Waals surface area contributed by atoms with E-state index in [0.29, 0.717) is 18.5 Å². The Morgan fingerprint density at radius 3 is 2.38 bits per heavy atom. The molecule has 1 N–H and O–H groups in total. The van der Waals surface area contributed by atoms with Gasteiger partial charge in [0.05, 0.1) is 6.26 Å². The highest BCUT2D eigenvalue weighted by Crippen LogP contribution is 2.09. The van der Waals surface area contributed by atoms with Crippen molar-refractivity contribution >= 4 is 15.9 Å². The highest BCUT2D eigenvalue weighted by atomic mass is 32.2. The summed E-state index contributed by atoms with van der Waals surface area (Å²) in [5.41, 5.74) is 1.40. The molecule has 0 aliphatic rings. The largest absolute Gasteiger partial charge is 0.356 e. The van der Waals surface area contributed by atoms with Gasteiger partial charge in [-0.15, -0.1) is 0 Å². The Morgan fingerprint density at radius 1 is 1.08 bits per heavy atom. The van der Waals surface area contributed by atoms with Gasteiger partial charge in [-0.3, -0.25) is 4.79 Å². The second-order valence-electron chi connectivity index (χ2n) is 6.02. The molecular formula is C19H23FN2O3S. The number of carbonyl (C=O) groups is 1. The fraction of sp³-hybridized carbons (Fsp3) is 0.316. The normalized spacial score (nSPS) is 11.5. The summed E-state index contributed by atoms with van der Waals surface area (Å²) in [4.78, 5) is 12.0. The van der Waals surface area contributed by atoms with Crippen LogP contribution in [0.15, 0.2) is 54.6 Å². The predicted octanol–water partition coefficient (Wildman–Crippen LogP) is 2.34. The van der Waals surface area contributed by atoms with Gasteiger partial charge in [0.2, 0.25) is 15.9 Å². The molecule has 5 nitrogen and oxygen atoms in total. The number of nitrogens with zero attached hydrogens (tertiary/aromatic N) is 1. The van der Waals surface area contributed by atoms with E-state index in [0.717, 1.165) is 11.8 Å². The number of hydrogen-bond donors (Lipinski definition) is 1. The van der Waals surface area contributed by atoms with Gasteiger partial charge in [-0.2, -0.15) is 4.31 Å². The topological polar surface area (TPSA) is 66.5 Å². The van der Waals surface area contributed by atoms with E-state index in [1.54, 1.807) is 18.2 Å². The molecule has 0 aliphatic heterocycles. The second-order valence-corrected chi connectivity index (χ2v) is 8.01. The van der Waals surface area contributed by atoms with E-state index in [4.69, 9.17) is 0 Å². The van der Waals surface area contributed by atoms with Gasteiger partial charge in [0.1, 0.15) is 5.82 Å². The monoisotopic (exact) mass is 378 g/mol. The van der Waals surface area contributed by atoms with Crippen molar-refractivity contribution in [1.82, 2.24) is 9.62 Å². The van der Waals surface area contributed by atoms with Gasteiger partial charge in [-0.05, 0) is 23.6 Å². The predicted molar refractivity (Wildman–Crippen MR) is 99.4 cm³/mol. The minimum absolute atomic E-state index is 0.0528. The molecule has 0 atom stereocenters. The highest BCUT2D eigenvalue weighted by molar-refractivity contribution is 7.88. The second kappa shape index (κ2) is 9.45. The molecule has 1 amide bonds. The summed E-state index contributed by atoms with van der Waals surface area (Å²) in [6.07, 6.45) is 1.57. The van der Waals surface area contributed by atoms with Crippen molar-refractivity contribution in [1.29, 1.82) is 0 Å². The van der Waals surface area contributed by atoms with Crippen LogP contribution in [0, 0.1) is 5.82 Å². The first kappa shape index (κ1) is 20.1. The highest BCUT2D eigenvalue weighted by Gasteiger charge is 2.18. The van der Waals surface area contributed by atoms with E-state index in [2.05, 4.69) is 5.32 Å². The van der Waals surface area contributed by atoms with Gasteiger partial charge in [0.25, 0.3) is 0 Å². The number of sulfonamides is 1. The Morgan fingerprint density at radius 2 is 1.73 bits per heavy atom. The van der Waals surface area contributed by atoms with Crippen molar-refractivity contribution in [3.8, 4) is 0 Å². The Kier molecular flexibility index (Phi) is 7.29. The third-order valence-corrected chi connectivity index (χ3v) is 5.18. The van der Waals surface area contributed by atoms with Gasteiger partial charge < -0.3 is 5.32 Å². The molecule has 2 aromatic carbocycles. The third-order valence-electron chi connectivity index (χ3n) is 3.93. The number of benzene rings is 2. The van der Waals surface area contributed by atoms with E-state index in [1.807, 2.05) is 30.3 Å². The summed E-state index contributed by atoms with van der Waals surface area (Å²) >= 11 is 0. The molecule has 140 valence electrons. The zero-order valence-electron chi connectivity index (χ0n) is 14.7. The van der Waals surface area contributed by atoms with E-state index >= 15 is 0 Å². The maximum Gasteiger partial charge on any atom is 0.221 e. The number of rotatable bonds is 9. The fourth-order valence-electron chi connectivity index (χ4n) is 2.50. The lowest BCUT2D eigenvalue weighted by molar-refractivity contribution is -0.121. The van der Waals surface area contributed by atoms with E-state index < -0.39 is 10.0 Å². The summed E-state index contributed by atoms with van der Waals surface area (Å²) in [5, 5.41) is 2.70. The lowest BCUT2D eigenvalue weighted by Crippen LogP contribution is -2.34. The fourth-order valence-corrected chi connectivity index (χ4v) is 3.31. The van der Waals surface area contributed by atoms with E-state index in [1.165, 1.54) is 10.4 Å². The number of carbonyl (C=O) groups excluding carboxylic acids is 1. The van der Waals surface area contributed by atoms with Crippen LogP contribution in [0.5, 0.6) is 0 Å². The molecule has 0 spiro atoms. The SMILES string of the molecule is CS(=O)(=O)N(CCC(=O)NCCc1ccccc1F)Cc1ccccc1. The zero-order valence-corrected chi connectivity index (χ0v) is 15.5. The summed E-state index contributed by atoms with van der Waals surface area (Å²) < 4.78 is 38.7. The van der Waals surface area contributed by atoms with Gasteiger partial charge in [0, 0.05) is 26.1 Å². The Bertz CT molecular complexity index is 826. The molecule has 26 heavy (non-hydrogen) atoms. The van der Waals surface area contributed by atoms with Crippen molar-refractivity contribution in [2.45, 2.75) is 19.4 Å². The quantitative estimate of drug-likeness (QED) is 0.728. The van der Waals surface area contributed by atoms with Crippen LogP contribution >= 0.6 is 0 Å². The van der Waals surface area contributed by atoms with Gasteiger partial charge in [-0.25, -0.2) is 12.8 Å². The molecule has 7 heteroatoms. The first-order valence-electron chi connectivity index (χ1n) is 8.35. The molecule has 0 bridgehead atoms. The number of amides is 1. The lowest BCUT2D eigenvalue weighted by Gasteiger charge is -2.19. The number of halogens is 1. The maximum atomic E-state index is 13.5. The molecule has 0 aliphatic carbocycles. The summed E-state index contributed by atoms with van der Waals surface area (Å²) in [6.45, 7) is 0.624. The van der Waals surface area contributed by atoms with E-state index in [-0.39, 0.29) is 31.2 Å². The van der Waals surface area contributed by atoms with Gasteiger partial charge in [-0.1, -0.05) is 48.5 Å². The van der Waals surface area contributed by atoms with Crippen LogP contribution in [0.25, 0.3) is 0 Å². The Labute approximate surface area is 153 Å². The molecule has 2 rings (SSSR count). The first-order chi connectivity index (χ1) is 12.4. The Balaban J connectivity index is 1.82. The van der Waals surface area contributed by atoms with Crippen LogP contribution in [0.4, 0.5) is 4.39 Å². The minimum atomic E-state index is -3.42. The van der Waals surface area contributed by atoms with Crippen molar-refractivity contribution in [2.75, 3.05) is 19.3 Å². The lowest BCUT2D eigenvalue weighted by atomic mass is 10.1. The first-order valence-corrected chi connectivity index (χ1v) is 10.2. The summed E-state index contributed by atoms with van der Waals surface area (Å²) in [7, 11) is -3.42. The van der Waals surface area contributed by atoms with Crippen molar-refractivity contribution in [2.24, 2.45) is 0 Å². The smallest absolute Gasteiger partial charge is 0.221 e. The molecule has 0 heterocycles. The van der Waals surface area contributed by atoms with Crippen molar-refractivity contribution < 1.29 is 17.6 Å². The van der Waals surface area contributed by atoms with Crippen LogP contribution in [0.1, 0.15) is 17.5 Å². The number of hydrogen-bond acceptors (Lipinski definition) is 3. The Hall–Kier alpha value is -2.25. The maximum absolute atomic E-state index is 13.5. The van der Waals surface area contributed by atoms with Crippen molar-refractivity contribution in [3.05, 3.63) is 71.5 Å². The van der Waals surface area contributed by atoms with Gasteiger partial charge >= 0.3 is 0 Å². The summed E-state index contributed by atoms with van der Waals surface area (Å²) in [5.74, 6) is -0.559. The summed E-state index contributed by atoms with van der Waals surface area (Å²) in [6, 6.07) is 15.6. The van der Waals surface area contributed by atoms with E-state index in [9.17, 15) is 17.6 Å². The molecule has 0 saturated heterocycles. The van der Waals surface area contributed by atoms with Crippen LogP contribution in [0.3, 0.4) is 0 Å². The minimum Gasteiger partial charge on any atom is -0.356 e. The van der Waals surface area contributed by atoms with Crippen molar-refractivity contribution in [3.63, 3.8) is 0 Å². The molecule has 0 unspecified atom stereocenters. The average Bonchev–Trinajstić information content (AvgIpc) is 2.60. The zero-order chi connectivity index (χ0) is 19.0. The van der Waals surface area contributed by atoms with Crippen LogP contribution in [-0.4, -0.2) is 38.0 Å². The van der Waals surface area contributed by atoms with Crippen LogP contribution in [0.2, 0.25) is 0 Å². The molecule has 0 radical (unpaired) electrons. The number of nitrogens with one attached hydrogen (secondary N) is 1. The molecule has 2 aromatic rings. The standard InChI is InChI=1S/C19H23FN2O3S/c1-26(24,25)22(15-16-7-3-2-4-8-16)14-12-19(23)21-13-11-17-9-5-6-10-18(17)20/h2-10H,11-15H2,1H3,(H,21,23). The average molecular weight is 378 g/mol. The van der Waals surface area contributed by atoms with Gasteiger partial charge in [0.15, 0.2) is 0 Å². The van der Waals surface area contributed by atoms with Crippen LogP contribution in [-0.2, 0) is 27.8 Å². The molecule has 0 fully saturated rings. The third kappa shape index (κ3) is 6.57.